The van der Waals surface area contributed by atoms with Crippen molar-refractivity contribution >= 4 is 29.3 Å². The number of pyridine rings is 1. The van der Waals surface area contributed by atoms with E-state index < -0.39 is 6.09 Å². The Morgan fingerprint density at radius 2 is 2.06 bits per heavy atom. The van der Waals surface area contributed by atoms with Crippen molar-refractivity contribution in [3.63, 3.8) is 0 Å². The molecule has 0 aliphatic carbocycles. The van der Waals surface area contributed by atoms with Crippen LogP contribution in [0.4, 0.5) is 10.5 Å². The minimum absolute atomic E-state index is 0.1000. The van der Waals surface area contributed by atoms with Crippen molar-refractivity contribution in [1.82, 2.24) is 14.8 Å². The van der Waals surface area contributed by atoms with Gasteiger partial charge in [-0.1, -0.05) is 11.6 Å². The van der Waals surface area contributed by atoms with E-state index in [2.05, 4.69) is 15.2 Å². The summed E-state index contributed by atoms with van der Waals surface area (Å²) in [6.45, 7) is 7.84. The highest BCUT2D eigenvalue weighted by Crippen LogP contribution is 2.27. The highest BCUT2D eigenvalue weighted by Gasteiger charge is 2.27. The fraction of sp³-hybridized carbons (Fsp3) is 0.364. The van der Waals surface area contributed by atoms with E-state index in [1.165, 1.54) is 11.1 Å². The highest BCUT2D eigenvalue weighted by atomic mass is 35.5. The summed E-state index contributed by atoms with van der Waals surface area (Å²) < 4.78 is 0. The number of aromatic nitrogens is 1. The van der Waals surface area contributed by atoms with Crippen LogP contribution in [0.3, 0.4) is 0 Å². The number of carbonyl (C=O) groups is 2. The van der Waals surface area contributed by atoms with E-state index in [4.69, 9.17) is 16.9 Å². The van der Waals surface area contributed by atoms with Gasteiger partial charge in [0, 0.05) is 49.1 Å². The average molecular weight is 442 g/mol. The number of carboxylic acid groups (broad SMARTS) is 1. The topological polar surface area (TPSA) is 110 Å². The van der Waals surface area contributed by atoms with E-state index in [0.717, 1.165) is 11.1 Å². The molecule has 2 amide bonds. The van der Waals surface area contributed by atoms with Gasteiger partial charge in [-0.3, -0.25) is 9.69 Å². The zero-order chi connectivity index (χ0) is 22.7. The lowest BCUT2D eigenvalue weighted by atomic mass is 10.0. The third kappa shape index (κ3) is 5.13. The number of benzene rings is 1. The first-order valence-electron chi connectivity index (χ1n) is 9.88. The predicted octanol–water partition coefficient (Wildman–Crippen LogP) is 3.66. The fourth-order valence-electron chi connectivity index (χ4n) is 3.74. The molecule has 1 atom stereocenters. The van der Waals surface area contributed by atoms with Crippen LogP contribution >= 0.6 is 11.6 Å². The number of hydrogen-bond donors (Lipinski definition) is 2. The molecule has 0 bridgehead atoms. The number of hydrogen-bond acceptors (Lipinski definition) is 5. The molecule has 1 aliphatic rings. The molecule has 0 radical (unpaired) electrons. The van der Waals surface area contributed by atoms with Gasteiger partial charge in [-0.25, -0.2) is 9.78 Å². The number of amides is 2. The first-order chi connectivity index (χ1) is 14.7. The van der Waals surface area contributed by atoms with Gasteiger partial charge in [0.1, 0.15) is 11.8 Å². The Hall–Kier alpha value is -3.15. The van der Waals surface area contributed by atoms with E-state index in [1.807, 2.05) is 26.0 Å². The maximum atomic E-state index is 12.7. The number of nitrogens with zero attached hydrogens (tertiary/aromatic N) is 4. The van der Waals surface area contributed by atoms with Crippen molar-refractivity contribution in [2.75, 3.05) is 25.0 Å². The number of carbonyl (C=O) groups excluding carboxylic acids is 1. The number of piperazine rings is 1. The minimum atomic E-state index is -0.899. The van der Waals surface area contributed by atoms with Crippen molar-refractivity contribution < 1.29 is 14.7 Å². The molecule has 1 aliphatic heterocycles. The number of anilines is 1. The van der Waals surface area contributed by atoms with Crippen LogP contribution in [0.5, 0.6) is 0 Å². The number of nitriles is 1. The lowest BCUT2D eigenvalue weighted by molar-refractivity contribution is 0.0710. The molecular formula is C22H24ClN5O3. The Balaban J connectivity index is 1.76. The second-order valence-corrected chi connectivity index (χ2v) is 8.19. The molecule has 1 aromatic heterocycles. The van der Waals surface area contributed by atoms with Crippen molar-refractivity contribution in [2.45, 2.75) is 33.4 Å². The number of halogens is 1. The third-order valence-corrected chi connectivity index (χ3v) is 5.74. The van der Waals surface area contributed by atoms with Crippen LogP contribution in [-0.2, 0) is 6.54 Å². The normalized spacial score (nSPS) is 16.6. The lowest BCUT2D eigenvalue weighted by Crippen LogP contribution is -2.53. The molecule has 1 aromatic carbocycles. The number of rotatable bonds is 4. The van der Waals surface area contributed by atoms with Crippen LogP contribution in [0.15, 0.2) is 24.4 Å². The molecule has 9 heteroatoms. The number of aryl methyl sites for hydroxylation is 1. The zero-order valence-electron chi connectivity index (χ0n) is 17.6. The smallest absolute Gasteiger partial charge is 0.407 e. The van der Waals surface area contributed by atoms with E-state index in [9.17, 15) is 14.7 Å². The van der Waals surface area contributed by atoms with E-state index >= 15 is 0 Å². The van der Waals surface area contributed by atoms with Gasteiger partial charge < -0.3 is 15.3 Å². The minimum Gasteiger partial charge on any atom is -0.465 e. The van der Waals surface area contributed by atoms with Gasteiger partial charge in [-0.15, -0.1) is 0 Å². The molecule has 1 saturated heterocycles. The van der Waals surface area contributed by atoms with E-state index in [0.29, 0.717) is 48.0 Å². The molecule has 3 rings (SSSR count). The van der Waals surface area contributed by atoms with Crippen LogP contribution in [-0.4, -0.2) is 57.6 Å². The number of nitrogens with one attached hydrogen (secondary N) is 1. The molecule has 2 N–H and O–H groups in total. The highest BCUT2D eigenvalue weighted by molar-refractivity contribution is 6.31. The van der Waals surface area contributed by atoms with Gasteiger partial charge >= 0.3 is 6.09 Å². The van der Waals surface area contributed by atoms with Gasteiger partial charge in [-0.05, 0) is 55.7 Å². The molecule has 1 fully saturated rings. The summed E-state index contributed by atoms with van der Waals surface area (Å²) in [4.78, 5) is 31.7. The molecule has 0 spiro atoms. The summed E-state index contributed by atoms with van der Waals surface area (Å²) in [7, 11) is 0. The maximum absolute atomic E-state index is 12.7. The van der Waals surface area contributed by atoms with E-state index in [1.54, 1.807) is 19.1 Å². The van der Waals surface area contributed by atoms with Gasteiger partial charge in [-0.2, -0.15) is 5.26 Å². The van der Waals surface area contributed by atoms with Crippen LogP contribution in [0.25, 0.3) is 0 Å². The predicted molar refractivity (Wildman–Crippen MR) is 117 cm³/mol. The Kier molecular flexibility index (Phi) is 6.78. The van der Waals surface area contributed by atoms with Crippen molar-refractivity contribution in [1.29, 1.82) is 5.26 Å². The summed E-state index contributed by atoms with van der Waals surface area (Å²) in [5.41, 5.74) is 3.74. The first-order valence-corrected chi connectivity index (χ1v) is 10.3. The summed E-state index contributed by atoms with van der Waals surface area (Å²) in [6.07, 6.45) is 0.481. The molecular weight excluding hydrogens is 418 g/mol. The van der Waals surface area contributed by atoms with Gasteiger partial charge in [0.2, 0.25) is 0 Å². The van der Waals surface area contributed by atoms with E-state index in [-0.39, 0.29) is 17.6 Å². The SMILES string of the molecule is Cc1cc(C(=O)Nc2cc(Cl)cc(CN3CCN(C(=O)O)C(C)C3)c2C)cnc1C#N. The van der Waals surface area contributed by atoms with Gasteiger partial charge in [0.05, 0.1) is 5.56 Å². The second-order valence-electron chi connectivity index (χ2n) is 7.75. The van der Waals surface area contributed by atoms with Crippen LogP contribution < -0.4 is 5.32 Å². The Morgan fingerprint density at radius 3 is 2.68 bits per heavy atom. The van der Waals surface area contributed by atoms with Gasteiger partial charge in [0.25, 0.3) is 5.91 Å². The van der Waals surface area contributed by atoms with Crippen molar-refractivity contribution in [2.24, 2.45) is 0 Å². The Labute approximate surface area is 186 Å². The van der Waals surface area contributed by atoms with Crippen molar-refractivity contribution in [3.05, 3.63) is 57.4 Å². The van der Waals surface area contributed by atoms with Crippen LogP contribution in [0.1, 0.15) is 39.7 Å². The second kappa shape index (κ2) is 9.33. The largest absolute Gasteiger partial charge is 0.465 e. The summed E-state index contributed by atoms with van der Waals surface area (Å²) >= 11 is 6.32. The summed E-state index contributed by atoms with van der Waals surface area (Å²) in [5.74, 6) is -0.333. The molecule has 0 saturated carbocycles. The summed E-state index contributed by atoms with van der Waals surface area (Å²) in [5, 5.41) is 21.7. The van der Waals surface area contributed by atoms with Crippen LogP contribution in [0.2, 0.25) is 5.02 Å². The first kappa shape index (κ1) is 22.5. The Morgan fingerprint density at radius 1 is 1.32 bits per heavy atom. The zero-order valence-corrected chi connectivity index (χ0v) is 18.4. The third-order valence-electron chi connectivity index (χ3n) is 5.53. The maximum Gasteiger partial charge on any atom is 0.407 e. The molecule has 1 unspecified atom stereocenters. The monoisotopic (exact) mass is 441 g/mol. The molecule has 2 aromatic rings. The summed E-state index contributed by atoms with van der Waals surface area (Å²) in [6, 6.07) is 7.09. The standard InChI is InChI=1S/C22H24ClN5O3/c1-13-6-16(10-25-20(13)9-24)21(29)26-19-8-18(23)7-17(15(19)3)12-27-4-5-28(22(30)31)14(2)11-27/h6-8,10,14H,4-5,11-12H2,1-3H3,(H,26,29)(H,30,31). The van der Waals surface area contributed by atoms with Crippen LogP contribution in [0, 0.1) is 25.2 Å². The fourth-order valence-corrected chi connectivity index (χ4v) is 3.98. The molecule has 31 heavy (non-hydrogen) atoms. The van der Waals surface area contributed by atoms with Gasteiger partial charge in [0.15, 0.2) is 0 Å². The van der Waals surface area contributed by atoms with Crippen molar-refractivity contribution in [3.8, 4) is 6.07 Å². The quantitative estimate of drug-likeness (QED) is 0.749. The Bertz CT molecular complexity index is 1070. The average Bonchev–Trinajstić information content (AvgIpc) is 2.71. The molecule has 162 valence electrons. The molecule has 8 nitrogen and oxygen atoms in total. The lowest BCUT2D eigenvalue weighted by Gasteiger charge is -2.38. The molecule has 2 heterocycles.